The molecule has 3 nitrogen and oxygen atoms in total. The van der Waals surface area contributed by atoms with Gasteiger partial charge in [0.2, 0.25) is 0 Å². The molecule has 0 amide bonds. The molecule has 0 radical (unpaired) electrons. The largest absolute Gasteiger partial charge is 0.496 e. The Morgan fingerprint density at radius 2 is 1.95 bits per heavy atom. The highest BCUT2D eigenvalue weighted by atomic mass is 16.5. The molecule has 2 atom stereocenters. The van der Waals surface area contributed by atoms with E-state index < -0.39 is 0 Å². The van der Waals surface area contributed by atoms with Crippen LogP contribution in [0, 0.1) is 0 Å². The molecule has 110 valence electrons. The van der Waals surface area contributed by atoms with Crippen molar-refractivity contribution in [3.05, 3.63) is 29.8 Å². The zero-order valence-corrected chi connectivity index (χ0v) is 12.6. The summed E-state index contributed by atoms with van der Waals surface area (Å²) in [6.07, 6.45) is 5.94. The average molecular weight is 275 g/mol. The number of hydrogen-bond donors (Lipinski definition) is 1. The number of ether oxygens (including phenoxy) is 2. The van der Waals surface area contributed by atoms with Crippen molar-refractivity contribution in [1.82, 2.24) is 5.32 Å². The first-order valence-electron chi connectivity index (χ1n) is 7.80. The van der Waals surface area contributed by atoms with E-state index in [1.165, 1.54) is 18.4 Å². The number of likely N-dealkylation sites (N-methyl/N-ethyl adjacent to an activating group) is 1. The van der Waals surface area contributed by atoms with E-state index in [1.807, 2.05) is 6.07 Å². The molecule has 1 N–H and O–H groups in total. The topological polar surface area (TPSA) is 30.5 Å². The summed E-state index contributed by atoms with van der Waals surface area (Å²) in [5.74, 6) is 0.977. The number of para-hydroxylation sites is 1. The summed E-state index contributed by atoms with van der Waals surface area (Å²) in [5.41, 5.74) is 1.14. The fourth-order valence-electron chi connectivity index (χ4n) is 4.15. The first-order valence-corrected chi connectivity index (χ1v) is 7.80. The lowest BCUT2D eigenvalue weighted by molar-refractivity contribution is -0.218. The number of benzene rings is 1. The first kappa shape index (κ1) is 13.9. The Kier molecular flexibility index (Phi) is 3.74. The molecule has 1 saturated heterocycles. The van der Waals surface area contributed by atoms with Crippen molar-refractivity contribution in [2.75, 3.05) is 20.3 Å². The van der Waals surface area contributed by atoms with Gasteiger partial charge in [-0.2, -0.15) is 0 Å². The van der Waals surface area contributed by atoms with Gasteiger partial charge in [-0.1, -0.05) is 38.0 Å². The minimum atomic E-state index is -0.0924. The second kappa shape index (κ2) is 5.38. The Labute approximate surface area is 121 Å². The molecule has 1 aliphatic carbocycles. The van der Waals surface area contributed by atoms with Gasteiger partial charge in [0.25, 0.3) is 0 Å². The maximum Gasteiger partial charge on any atom is 0.124 e. The van der Waals surface area contributed by atoms with E-state index in [0.717, 1.165) is 38.2 Å². The Morgan fingerprint density at radius 1 is 1.20 bits per heavy atom. The second-order valence-corrected chi connectivity index (χ2v) is 5.94. The Morgan fingerprint density at radius 3 is 2.60 bits per heavy atom. The summed E-state index contributed by atoms with van der Waals surface area (Å²) in [4.78, 5) is 0. The Hall–Kier alpha value is -1.06. The van der Waals surface area contributed by atoms with E-state index in [9.17, 15) is 0 Å². The highest BCUT2D eigenvalue weighted by Gasteiger charge is 2.58. The monoisotopic (exact) mass is 275 g/mol. The van der Waals surface area contributed by atoms with Gasteiger partial charge >= 0.3 is 0 Å². The van der Waals surface area contributed by atoms with Crippen LogP contribution in [-0.2, 0) is 10.3 Å². The van der Waals surface area contributed by atoms with Gasteiger partial charge in [0, 0.05) is 12.0 Å². The molecule has 1 aliphatic heterocycles. The van der Waals surface area contributed by atoms with Crippen molar-refractivity contribution in [2.45, 2.75) is 50.2 Å². The molecule has 1 heterocycles. The van der Waals surface area contributed by atoms with Crippen molar-refractivity contribution in [2.24, 2.45) is 0 Å². The van der Waals surface area contributed by atoms with Crippen LogP contribution in [0.1, 0.15) is 44.6 Å². The smallest absolute Gasteiger partial charge is 0.124 e. The van der Waals surface area contributed by atoms with Crippen LogP contribution in [0.2, 0.25) is 0 Å². The standard InChI is InChI=1S/C17H25NO2/c1-3-18-17(14-8-4-5-9-15(14)19-2)11-7-6-10-16(17)12-13-20-16/h4-5,8-9,18H,3,6-7,10-13H2,1-2H3/t16?,17-/m1/s1. The highest BCUT2D eigenvalue weighted by molar-refractivity contribution is 5.43. The molecule has 3 heteroatoms. The summed E-state index contributed by atoms with van der Waals surface area (Å²) in [6, 6.07) is 8.42. The van der Waals surface area contributed by atoms with Crippen molar-refractivity contribution in [3.63, 3.8) is 0 Å². The van der Waals surface area contributed by atoms with Gasteiger partial charge in [0.1, 0.15) is 5.75 Å². The highest BCUT2D eigenvalue weighted by Crippen LogP contribution is 2.54. The van der Waals surface area contributed by atoms with Gasteiger partial charge in [0.05, 0.1) is 24.9 Å². The van der Waals surface area contributed by atoms with Crippen LogP contribution < -0.4 is 10.1 Å². The van der Waals surface area contributed by atoms with Crippen molar-refractivity contribution >= 4 is 0 Å². The van der Waals surface area contributed by atoms with Crippen LogP contribution in [0.25, 0.3) is 0 Å². The number of nitrogens with one attached hydrogen (secondary N) is 1. The zero-order chi connectivity index (χ0) is 14.1. The number of rotatable bonds is 4. The summed E-state index contributed by atoms with van der Waals surface area (Å²) < 4.78 is 11.8. The van der Waals surface area contributed by atoms with E-state index in [0.29, 0.717) is 0 Å². The third-order valence-corrected chi connectivity index (χ3v) is 5.09. The third kappa shape index (κ3) is 1.87. The Balaban J connectivity index is 2.10. The van der Waals surface area contributed by atoms with Crippen molar-refractivity contribution in [1.29, 1.82) is 0 Å². The maximum absolute atomic E-state index is 6.16. The molecule has 1 aromatic carbocycles. The second-order valence-electron chi connectivity index (χ2n) is 5.94. The summed E-state index contributed by atoms with van der Waals surface area (Å²) in [7, 11) is 1.76. The van der Waals surface area contributed by atoms with E-state index in [-0.39, 0.29) is 11.1 Å². The summed E-state index contributed by atoms with van der Waals surface area (Å²) in [6.45, 7) is 4.02. The van der Waals surface area contributed by atoms with Gasteiger partial charge < -0.3 is 14.8 Å². The summed E-state index contributed by atoms with van der Waals surface area (Å²) in [5, 5.41) is 3.78. The SMILES string of the molecule is CCN[C@@]1(c2ccccc2OC)CCCCC12CCO2. The fraction of sp³-hybridized carbons (Fsp3) is 0.647. The quantitative estimate of drug-likeness (QED) is 0.915. The predicted molar refractivity (Wildman–Crippen MR) is 80.1 cm³/mol. The molecule has 1 saturated carbocycles. The molecule has 2 fully saturated rings. The fourth-order valence-corrected chi connectivity index (χ4v) is 4.15. The van der Waals surface area contributed by atoms with Crippen LogP contribution in [0.3, 0.4) is 0 Å². The molecule has 1 spiro atoms. The lowest BCUT2D eigenvalue weighted by atomic mass is 9.62. The van der Waals surface area contributed by atoms with Gasteiger partial charge in [-0.3, -0.25) is 0 Å². The molecule has 20 heavy (non-hydrogen) atoms. The van der Waals surface area contributed by atoms with Crippen molar-refractivity contribution in [3.8, 4) is 5.75 Å². The summed E-state index contributed by atoms with van der Waals surface area (Å²) >= 11 is 0. The average Bonchev–Trinajstić information content (AvgIpc) is 2.46. The van der Waals surface area contributed by atoms with E-state index in [4.69, 9.17) is 9.47 Å². The van der Waals surface area contributed by atoms with E-state index in [1.54, 1.807) is 7.11 Å². The van der Waals surface area contributed by atoms with Crippen molar-refractivity contribution < 1.29 is 9.47 Å². The predicted octanol–water partition coefficient (Wildman–Crippen LogP) is 3.23. The minimum Gasteiger partial charge on any atom is -0.496 e. The van der Waals surface area contributed by atoms with E-state index >= 15 is 0 Å². The molecule has 2 aliphatic rings. The lowest BCUT2D eigenvalue weighted by Gasteiger charge is -2.59. The molecular formula is C17H25NO2. The molecule has 1 aromatic rings. The Bertz CT molecular complexity index is 466. The minimum absolute atomic E-state index is 0.0319. The molecule has 1 unspecified atom stereocenters. The number of methoxy groups -OCH3 is 1. The molecule has 0 aromatic heterocycles. The van der Waals surface area contributed by atoms with Crippen LogP contribution in [0.4, 0.5) is 0 Å². The molecular weight excluding hydrogens is 250 g/mol. The maximum atomic E-state index is 6.16. The van der Waals surface area contributed by atoms with Gasteiger partial charge in [-0.15, -0.1) is 0 Å². The van der Waals surface area contributed by atoms with Crippen LogP contribution >= 0.6 is 0 Å². The van der Waals surface area contributed by atoms with E-state index in [2.05, 4.69) is 30.4 Å². The van der Waals surface area contributed by atoms with Gasteiger partial charge in [0.15, 0.2) is 0 Å². The van der Waals surface area contributed by atoms with Gasteiger partial charge in [-0.25, -0.2) is 0 Å². The first-order chi connectivity index (χ1) is 9.78. The van der Waals surface area contributed by atoms with Crippen LogP contribution in [0.15, 0.2) is 24.3 Å². The molecule has 3 rings (SSSR count). The normalized spacial score (nSPS) is 32.9. The van der Waals surface area contributed by atoms with Crippen LogP contribution in [0.5, 0.6) is 5.75 Å². The molecule has 0 bridgehead atoms. The number of hydrogen-bond acceptors (Lipinski definition) is 3. The van der Waals surface area contributed by atoms with Gasteiger partial charge in [-0.05, 0) is 25.5 Å². The lowest BCUT2D eigenvalue weighted by Crippen LogP contribution is -2.67. The third-order valence-electron chi connectivity index (χ3n) is 5.09. The van der Waals surface area contributed by atoms with Crippen LogP contribution in [-0.4, -0.2) is 25.9 Å². The zero-order valence-electron chi connectivity index (χ0n) is 12.6.